The number of nitrogens with zero attached hydrogens (tertiary/aromatic N) is 5. The number of halogens is 1. The van der Waals surface area contributed by atoms with E-state index in [1.165, 1.54) is 29.3 Å². The fraction of sp³-hybridized carbons (Fsp3) is 0.292. The standard InChI is InChI=1S/C18H18FN5O3.C6H9NO/c1-11(2)27-18(26)23(3)13-7-20-17-22-16(9-24(17)8-13)14-6-12(21-10-25)4-5-15(14)19;1-4-5(2)8-6(3)7-4/h4-11H,1-3H3,(H,21,25);1-3H3. The summed E-state index contributed by atoms with van der Waals surface area (Å²) in [6.07, 6.45) is 4.48. The lowest BCUT2D eigenvalue weighted by Gasteiger charge is -2.18. The van der Waals surface area contributed by atoms with Crippen molar-refractivity contribution < 1.29 is 23.1 Å². The molecule has 4 aromatic rings. The number of hydrogen-bond acceptors (Lipinski definition) is 7. The van der Waals surface area contributed by atoms with Gasteiger partial charge in [0.05, 0.1) is 29.4 Å². The number of benzene rings is 1. The molecular formula is C24H27FN6O4. The Labute approximate surface area is 201 Å². The molecule has 0 atom stereocenters. The van der Waals surface area contributed by atoms with Crippen LogP contribution in [0.15, 0.2) is 41.2 Å². The molecule has 0 aliphatic rings. The van der Waals surface area contributed by atoms with Crippen molar-refractivity contribution in [2.24, 2.45) is 0 Å². The molecule has 0 aliphatic carbocycles. The second-order valence-corrected chi connectivity index (χ2v) is 7.97. The Balaban J connectivity index is 0.000000363. The second-order valence-electron chi connectivity index (χ2n) is 7.97. The lowest BCUT2D eigenvalue weighted by atomic mass is 10.1. The number of imidazole rings is 1. The first-order valence-electron chi connectivity index (χ1n) is 10.8. The highest BCUT2D eigenvalue weighted by atomic mass is 19.1. The fourth-order valence-electron chi connectivity index (χ4n) is 3.08. The van der Waals surface area contributed by atoms with Crippen LogP contribution < -0.4 is 10.2 Å². The number of hydrogen-bond donors (Lipinski definition) is 1. The summed E-state index contributed by atoms with van der Waals surface area (Å²) in [4.78, 5) is 36.5. The summed E-state index contributed by atoms with van der Waals surface area (Å²) < 4.78 is 26.0. The fourth-order valence-corrected chi connectivity index (χ4v) is 3.08. The molecule has 4 rings (SSSR count). The van der Waals surface area contributed by atoms with Gasteiger partial charge in [-0.15, -0.1) is 0 Å². The zero-order valence-corrected chi connectivity index (χ0v) is 20.4. The van der Waals surface area contributed by atoms with E-state index < -0.39 is 11.9 Å². The topological polar surface area (TPSA) is 115 Å². The lowest BCUT2D eigenvalue weighted by Crippen LogP contribution is -2.29. The molecule has 2 amide bonds. The van der Waals surface area contributed by atoms with Crippen molar-refractivity contribution in [3.05, 3.63) is 60.0 Å². The van der Waals surface area contributed by atoms with Gasteiger partial charge in [0.15, 0.2) is 5.89 Å². The molecule has 0 spiro atoms. The number of carbonyl (C=O) groups excluding carboxylic acids is 2. The molecule has 0 radical (unpaired) electrons. The molecule has 3 heterocycles. The molecule has 184 valence electrons. The molecule has 1 aromatic carbocycles. The third kappa shape index (κ3) is 6.19. The van der Waals surface area contributed by atoms with Crippen molar-refractivity contribution in [1.82, 2.24) is 19.4 Å². The number of anilines is 2. The largest absolute Gasteiger partial charge is 0.446 e. The van der Waals surface area contributed by atoms with Gasteiger partial charge in [-0.3, -0.25) is 14.1 Å². The van der Waals surface area contributed by atoms with Crippen molar-refractivity contribution in [3.63, 3.8) is 0 Å². The normalized spacial score (nSPS) is 10.6. The number of ether oxygens (including phenoxy) is 1. The Hall–Kier alpha value is -4.28. The number of nitrogens with one attached hydrogen (secondary N) is 1. The van der Waals surface area contributed by atoms with Crippen LogP contribution in [-0.4, -0.2) is 45.0 Å². The smallest absolute Gasteiger partial charge is 0.414 e. The highest BCUT2D eigenvalue weighted by molar-refractivity contribution is 5.86. The molecule has 0 fully saturated rings. The number of aromatic nitrogens is 4. The Morgan fingerprint density at radius 2 is 1.97 bits per heavy atom. The molecule has 0 saturated carbocycles. The van der Waals surface area contributed by atoms with Crippen LogP contribution in [0, 0.1) is 26.6 Å². The van der Waals surface area contributed by atoms with Gasteiger partial charge in [-0.2, -0.15) is 0 Å². The van der Waals surface area contributed by atoms with Crippen molar-refractivity contribution in [1.29, 1.82) is 0 Å². The SMILES string of the molecule is CC(C)OC(=O)N(C)c1cnc2nc(-c3cc(NC=O)ccc3F)cn2c1.Cc1nc(C)c(C)o1. The van der Waals surface area contributed by atoms with E-state index in [-0.39, 0.29) is 11.7 Å². The summed E-state index contributed by atoms with van der Waals surface area (Å²) in [5.41, 5.74) is 2.50. The first-order chi connectivity index (χ1) is 16.6. The number of oxazole rings is 1. The monoisotopic (exact) mass is 482 g/mol. The first-order valence-corrected chi connectivity index (χ1v) is 10.8. The average Bonchev–Trinajstić information content (AvgIpc) is 3.35. The van der Waals surface area contributed by atoms with Gasteiger partial charge in [0, 0.05) is 37.6 Å². The summed E-state index contributed by atoms with van der Waals surface area (Å²) in [5.74, 6) is 1.53. The van der Waals surface area contributed by atoms with Crippen LogP contribution >= 0.6 is 0 Å². The Bertz CT molecular complexity index is 1330. The van der Waals surface area contributed by atoms with Crippen LogP contribution in [0.1, 0.15) is 31.2 Å². The number of aryl methyl sites for hydroxylation is 3. The van der Waals surface area contributed by atoms with Crippen LogP contribution in [-0.2, 0) is 9.53 Å². The van der Waals surface area contributed by atoms with Crippen molar-refractivity contribution in [2.45, 2.75) is 40.7 Å². The van der Waals surface area contributed by atoms with Gasteiger partial charge < -0.3 is 14.5 Å². The van der Waals surface area contributed by atoms with E-state index in [1.807, 2.05) is 20.8 Å². The van der Waals surface area contributed by atoms with Crippen molar-refractivity contribution >= 4 is 29.7 Å². The van der Waals surface area contributed by atoms with E-state index in [4.69, 9.17) is 9.15 Å². The molecular weight excluding hydrogens is 455 g/mol. The molecule has 1 N–H and O–H groups in total. The predicted molar refractivity (Wildman–Crippen MR) is 129 cm³/mol. The minimum Gasteiger partial charge on any atom is -0.446 e. The quantitative estimate of drug-likeness (QED) is 0.411. The minimum absolute atomic E-state index is 0.224. The van der Waals surface area contributed by atoms with Gasteiger partial charge in [-0.25, -0.2) is 24.1 Å². The first kappa shape index (κ1) is 25.3. The highest BCUT2D eigenvalue weighted by Gasteiger charge is 2.16. The maximum Gasteiger partial charge on any atom is 0.414 e. The third-order valence-corrected chi connectivity index (χ3v) is 4.90. The van der Waals surface area contributed by atoms with Crippen LogP contribution in [0.4, 0.5) is 20.6 Å². The van der Waals surface area contributed by atoms with E-state index in [0.717, 1.165) is 17.3 Å². The number of carbonyl (C=O) groups is 2. The molecule has 0 unspecified atom stereocenters. The van der Waals surface area contributed by atoms with Gasteiger partial charge in [0.25, 0.3) is 0 Å². The van der Waals surface area contributed by atoms with Gasteiger partial charge in [0.1, 0.15) is 11.6 Å². The summed E-state index contributed by atoms with van der Waals surface area (Å²) in [6.45, 7) is 9.22. The van der Waals surface area contributed by atoms with Crippen LogP contribution in [0.25, 0.3) is 17.0 Å². The molecule has 0 saturated heterocycles. The number of rotatable bonds is 5. The minimum atomic E-state index is -0.509. The average molecular weight is 483 g/mol. The maximum absolute atomic E-state index is 14.2. The van der Waals surface area contributed by atoms with Crippen LogP contribution in [0.5, 0.6) is 0 Å². The van der Waals surface area contributed by atoms with Gasteiger partial charge in [0.2, 0.25) is 12.2 Å². The third-order valence-electron chi connectivity index (χ3n) is 4.90. The summed E-state index contributed by atoms with van der Waals surface area (Å²) in [7, 11) is 1.57. The van der Waals surface area contributed by atoms with E-state index in [9.17, 15) is 14.0 Å². The molecule has 35 heavy (non-hydrogen) atoms. The second kappa shape index (κ2) is 10.8. The molecule has 11 heteroatoms. The Morgan fingerprint density at radius 3 is 2.54 bits per heavy atom. The van der Waals surface area contributed by atoms with Gasteiger partial charge in [-0.1, -0.05) is 0 Å². The Kier molecular flexibility index (Phi) is 7.80. The molecule has 3 aromatic heterocycles. The van der Waals surface area contributed by atoms with Crippen molar-refractivity contribution in [3.8, 4) is 11.3 Å². The zero-order chi connectivity index (χ0) is 25.7. The zero-order valence-electron chi connectivity index (χ0n) is 20.4. The van der Waals surface area contributed by atoms with Gasteiger partial charge in [-0.05, 0) is 45.9 Å². The highest BCUT2D eigenvalue weighted by Crippen LogP contribution is 2.26. The van der Waals surface area contributed by atoms with E-state index in [1.54, 1.807) is 37.7 Å². The maximum atomic E-state index is 14.2. The number of amides is 2. The predicted octanol–water partition coefficient (Wildman–Crippen LogP) is 4.68. The molecule has 0 bridgehead atoms. The molecule has 0 aliphatic heterocycles. The summed E-state index contributed by atoms with van der Waals surface area (Å²) in [6, 6.07) is 4.19. The number of fused-ring (bicyclic) bond motifs is 1. The van der Waals surface area contributed by atoms with E-state index in [2.05, 4.69) is 20.3 Å². The summed E-state index contributed by atoms with van der Waals surface area (Å²) in [5, 5.41) is 2.48. The van der Waals surface area contributed by atoms with E-state index >= 15 is 0 Å². The molecule has 10 nitrogen and oxygen atoms in total. The Morgan fingerprint density at radius 1 is 1.23 bits per heavy atom. The van der Waals surface area contributed by atoms with Crippen LogP contribution in [0.3, 0.4) is 0 Å². The summed E-state index contributed by atoms with van der Waals surface area (Å²) >= 11 is 0. The van der Waals surface area contributed by atoms with Gasteiger partial charge >= 0.3 is 6.09 Å². The van der Waals surface area contributed by atoms with Crippen molar-refractivity contribution in [2.75, 3.05) is 17.3 Å². The lowest BCUT2D eigenvalue weighted by molar-refractivity contribution is -0.105. The van der Waals surface area contributed by atoms with Crippen LogP contribution in [0.2, 0.25) is 0 Å². The van der Waals surface area contributed by atoms with E-state index in [0.29, 0.717) is 29.3 Å².